The van der Waals surface area contributed by atoms with Gasteiger partial charge in [-0.2, -0.15) is 0 Å². The Labute approximate surface area is 121 Å². The van der Waals surface area contributed by atoms with E-state index in [1.54, 1.807) is 7.11 Å². The third-order valence-electron chi connectivity index (χ3n) is 3.22. The van der Waals surface area contributed by atoms with E-state index in [0.29, 0.717) is 23.1 Å². The minimum atomic E-state index is -0.960. The molecule has 0 saturated heterocycles. The van der Waals surface area contributed by atoms with Gasteiger partial charge in [0.05, 0.1) is 13.2 Å². The van der Waals surface area contributed by atoms with E-state index in [1.165, 1.54) is 0 Å². The second-order valence-electron chi connectivity index (χ2n) is 4.39. The van der Waals surface area contributed by atoms with Crippen LogP contribution in [0.25, 0.3) is 10.8 Å². The molecule has 0 fully saturated rings. The van der Waals surface area contributed by atoms with Gasteiger partial charge in [-0.3, -0.25) is 0 Å². The van der Waals surface area contributed by atoms with Crippen LogP contribution in [0.3, 0.4) is 0 Å². The summed E-state index contributed by atoms with van der Waals surface area (Å²) in [6.07, 6.45) is -1.30. The number of aliphatic hydroxyl groups excluding tert-OH is 2. The SMILES string of the molecule is COc1ccc2ccccc2c1C(O)C(O)CCBr. The monoisotopic (exact) mass is 324 g/mol. The molecule has 19 heavy (non-hydrogen) atoms. The molecule has 0 radical (unpaired) electrons. The number of halogens is 1. The molecule has 0 aliphatic carbocycles. The van der Waals surface area contributed by atoms with Crippen molar-refractivity contribution in [3.05, 3.63) is 42.0 Å². The smallest absolute Gasteiger partial charge is 0.125 e. The number of methoxy groups -OCH3 is 1. The lowest BCUT2D eigenvalue weighted by Crippen LogP contribution is -2.19. The van der Waals surface area contributed by atoms with E-state index in [1.807, 2.05) is 36.4 Å². The Morgan fingerprint density at radius 2 is 1.89 bits per heavy atom. The quantitative estimate of drug-likeness (QED) is 0.831. The molecule has 102 valence electrons. The van der Waals surface area contributed by atoms with Gasteiger partial charge in [-0.15, -0.1) is 0 Å². The zero-order valence-corrected chi connectivity index (χ0v) is 12.3. The number of fused-ring (bicyclic) bond motifs is 1. The number of aliphatic hydroxyl groups is 2. The summed E-state index contributed by atoms with van der Waals surface area (Å²) in [4.78, 5) is 0. The molecule has 0 saturated carbocycles. The molecule has 0 aromatic heterocycles. The van der Waals surface area contributed by atoms with Gasteiger partial charge in [0.2, 0.25) is 0 Å². The first-order valence-corrected chi connectivity index (χ1v) is 7.29. The topological polar surface area (TPSA) is 49.7 Å². The molecule has 2 rings (SSSR count). The van der Waals surface area contributed by atoms with E-state index in [9.17, 15) is 10.2 Å². The summed E-state index contributed by atoms with van der Waals surface area (Å²) in [6.45, 7) is 0. The fourth-order valence-corrected chi connectivity index (χ4v) is 2.69. The van der Waals surface area contributed by atoms with Gasteiger partial charge >= 0.3 is 0 Å². The van der Waals surface area contributed by atoms with Crippen molar-refractivity contribution in [2.75, 3.05) is 12.4 Å². The highest BCUT2D eigenvalue weighted by atomic mass is 79.9. The average molecular weight is 325 g/mol. The first-order chi connectivity index (χ1) is 9.19. The third kappa shape index (κ3) is 2.91. The molecule has 0 amide bonds. The van der Waals surface area contributed by atoms with Crippen molar-refractivity contribution in [2.45, 2.75) is 18.6 Å². The summed E-state index contributed by atoms with van der Waals surface area (Å²) in [6, 6.07) is 11.5. The predicted molar refractivity (Wildman–Crippen MR) is 79.9 cm³/mol. The lowest BCUT2D eigenvalue weighted by atomic mass is 9.95. The van der Waals surface area contributed by atoms with Crippen LogP contribution in [0.15, 0.2) is 36.4 Å². The molecule has 2 unspecified atom stereocenters. The Bertz CT molecular complexity index is 556. The molecule has 2 aromatic rings. The average Bonchev–Trinajstić information content (AvgIpc) is 2.45. The molecule has 2 atom stereocenters. The van der Waals surface area contributed by atoms with Crippen LogP contribution >= 0.6 is 15.9 Å². The van der Waals surface area contributed by atoms with Gasteiger partial charge in [-0.25, -0.2) is 0 Å². The Kier molecular flexibility index (Phi) is 4.80. The van der Waals surface area contributed by atoms with Crippen LogP contribution in [-0.4, -0.2) is 28.8 Å². The molecule has 0 spiro atoms. The van der Waals surface area contributed by atoms with Crippen molar-refractivity contribution in [3.63, 3.8) is 0 Å². The normalized spacial score (nSPS) is 14.3. The maximum absolute atomic E-state index is 10.4. The van der Waals surface area contributed by atoms with Crippen LogP contribution in [0.5, 0.6) is 5.75 Å². The first-order valence-electron chi connectivity index (χ1n) is 6.16. The summed E-state index contributed by atoms with van der Waals surface area (Å²) in [5.41, 5.74) is 0.647. The maximum atomic E-state index is 10.4. The third-order valence-corrected chi connectivity index (χ3v) is 3.67. The van der Waals surface area contributed by atoms with Gasteiger partial charge in [-0.05, 0) is 23.3 Å². The van der Waals surface area contributed by atoms with Crippen molar-refractivity contribution in [1.82, 2.24) is 0 Å². The molecule has 3 nitrogen and oxygen atoms in total. The summed E-state index contributed by atoms with van der Waals surface area (Å²) in [7, 11) is 1.57. The highest BCUT2D eigenvalue weighted by Gasteiger charge is 2.23. The van der Waals surface area contributed by atoms with Crippen LogP contribution in [0, 0.1) is 0 Å². The second-order valence-corrected chi connectivity index (χ2v) is 5.19. The number of benzene rings is 2. The minimum Gasteiger partial charge on any atom is -0.496 e. The standard InChI is InChI=1S/C15H17BrO3/c1-19-13-7-6-10-4-2-3-5-11(10)14(13)15(18)12(17)8-9-16/h2-7,12,15,17-18H,8-9H2,1H3. The largest absolute Gasteiger partial charge is 0.496 e. The zero-order valence-electron chi connectivity index (χ0n) is 10.7. The van der Waals surface area contributed by atoms with Crippen LogP contribution in [0.4, 0.5) is 0 Å². The zero-order chi connectivity index (χ0) is 13.8. The van der Waals surface area contributed by atoms with E-state index >= 15 is 0 Å². The van der Waals surface area contributed by atoms with Gasteiger partial charge in [0, 0.05) is 10.9 Å². The van der Waals surface area contributed by atoms with Gasteiger partial charge in [0.1, 0.15) is 11.9 Å². The molecule has 2 aromatic carbocycles. The fraction of sp³-hybridized carbons (Fsp3) is 0.333. The summed E-state index contributed by atoms with van der Waals surface area (Å²) in [5, 5.41) is 23.0. The van der Waals surface area contributed by atoms with Crippen molar-refractivity contribution in [1.29, 1.82) is 0 Å². The van der Waals surface area contributed by atoms with Crippen molar-refractivity contribution in [3.8, 4) is 5.75 Å². The van der Waals surface area contributed by atoms with Gasteiger partial charge in [-0.1, -0.05) is 46.3 Å². The van der Waals surface area contributed by atoms with Gasteiger partial charge in [0.15, 0.2) is 0 Å². The summed E-state index contributed by atoms with van der Waals surface area (Å²) < 4.78 is 5.32. The minimum absolute atomic E-state index is 0.480. The van der Waals surface area contributed by atoms with Gasteiger partial charge in [0.25, 0.3) is 0 Å². The molecular formula is C15H17BrO3. The lowest BCUT2D eigenvalue weighted by molar-refractivity contribution is 0.0169. The van der Waals surface area contributed by atoms with E-state index in [-0.39, 0.29) is 0 Å². The van der Waals surface area contributed by atoms with E-state index in [2.05, 4.69) is 15.9 Å². The van der Waals surface area contributed by atoms with Crippen molar-refractivity contribution >= 4 is 26.7 Å². The van der Waals surface area contributed by atoms with Crippen LogP contribution in [0.2, 0.25) is 0 Å². The number of ether oxygens (including phenoxy) is 1. The van der Waals surface area contributed by atoms with Crippen LogP contribution < -0.4 is 4.74 Å². The number of rotatable bonds is 5. The number of hydrogen-bond donors (Lipinski definition) is 2. The van der Waals surface area contributed by atoms with E-state index in [4.69, 9.17) is 4.74 Å². The molecule has 0 aliphatic rings. The Morgan fingerprint density at radius 3 is 2.58 bits per heavy atom. The number of hydrogen-bond acceptors (Lipinski definition) is 3. The fourth-order valence-electron chi connectivity index (χ4n) is 2.22. The molecule has 4 heteroatoms. The first kappa shape index (κ1) is 14.3. The molecule has 0 heterocycles. The Morgan fingerprint density at radius 1 is 1.16 bits per heavy atom. The molecule has 0 aliphatic heterocycles. The van der Waals surface area contributed by atoms with Crippen LogP contribution in [0.1, 0.15) is 18.1 Å². The van der Waals surface area contributed by atoms with E-state index < -0.39 is 12.2 Å². The maximum Gasteiger partial charge on any atom is 0.125 e. The molecular weight excluding hydrogens is 308 g/mol. The molecule has 0 bridgehead atoms. The predicted octanol–water partition coefficient (Wildman–Crippen LogP) is 3.03. The Hall–Kier alpha value is -1.10. The highest BCUT2D eigenvalue weighted by Crippen LogP contribution is 2.35. The number of alkyl halides is 1. The second kappa shape index (κ2) is 6.37. The van der Waals surface area contributed by atoms with Gasteiger partial charge < -0.3 is 14.9 Å². The van der Waals surface area contributed by atoms with Crippen molar-refractivity contribution < 1.29 is 14.9 Å². The van der Waals surface area contributed by atoms with Crippen molar-refractivity contribution in [2.24, 2.45) is 0 Å². The van der Waals surface area contributed by atoms with E-state index in [0.717, 1.165) is 10.8 Å². The lowest BCUT2D eigenvalue weighted by Gasteiger charge is -2.21. The summed E-state index contributed by atoms with van der Waals surface area (Å²) in [5.74, 6) is 0.597. The van der Waals surface area contributed by atoms with Crippen LogP contribution in [-0.2, 0) is 0 Å². The molecule has 2 N–H and O–H groups in total. The summed E-state index contributed by atoms with van der Waals surface area (Å²) >= 11 is 3.27. The Balaban J connectivity index is 2.55. The highest BCUT2D eigenvalue weighted by molar-refractivity contribution is 9.09.